The number of ether oxygens (including phenoxy) is 2. The topological polar surface area (TPSA) is 99.4 Å². The minimum atomic E-state index is -0.300. The van der Waals surface area contributed by atoms with Crippen LogP contribution in [0.15, 0.2) is 25.3 Å². The number of unbranched alkanes of at least 4 members (excludes halogenated alkanes) is 6. The first-order chi connectivity index (χ1) is 20.1. The van der Waals surface area contributed by atoms with Gasteiger partial charge in [0, 0.05) is 47.0 Å². The molecule has 0 aliphatic carbocycles. The number of aliphatic hydroxyl groups is 4. The van der Waals surface area contributed by atoms with Crippen molar-refractivity contribution in [2.45, 2.75) is 132 Å². The third-order valence-corrected chi connectivity index (χ3v) is 6.69. The number of hydrogen-bond acceptors (Lipinski definition) is 6. The molecule has 0 aromatic carbocycles. The molecule has 0 spiro atoms. The van der Waals surface area contributed by atoms with E-state index >= 15 is 0 Å². The van der Waals surface area contributed by atoms with Crippen molar-refractivity contribution in [2.75, 3.05) is 52.9 Å². The van der Waals surface area contributed by atoms with E-state index in [9.17, 15) is 5.11 Å². The number of hydrogen-bond donors (Lipinski definition) is 4. The summed E-state index contributed by atoms with van der Waals surface area (Å²) >= 11 is 0. The van der Waals surface area contributed by atoms with E-state index in [0.29, 0.717) is 46.2 Å². The molecular weight excluding hydrogens is 576 g/mol. The van der Waals surface area contributed by atoms with E-state index in [0.717, 1.165) is 43.4 Å². The molecule has 0 aliphatic rings. The zero-order chi connectivity index (χ0) is 32.9. The van der Waals surface area contributed by atoms with Gasteiger partial charge in [0.15, 0.2) is 0 Å². The van der Waals surface area contributed by atoms with Crippen LogP contribution >= 0.6 is 0 Å². The Morgan fingerprint density at radius 3 is 1.05 bits per heavy atom. The molecule has 0 rings (SSSR count). The Labute approximate surface area is 284 Å². The molecule has 4 N–H and O–H groups in total. The van der Waals surface area contributed by atoms with Gasteiger partial charge >= 0.3 is 0 Å². The Bertz CT molecular complexity index is 442. The Balaban J connectivity index is -0.000000153. The predicted molar refractivity (Wildman–Crippen MR) is 183 cm³/mol. The van der Waals surface area contributed by atoms with E-state index in [1.54, 1.807) is 12.2 Å². The summed E-state index contributed by atoms with van der Waals surface area (Å²) < 4.78 is 10.8. The molecule has 0 unspecified atom stereocenters. The van der Waals surface area contributed by atoms with Gasteiger partial charge in [-0.15, -0.1) is 13.2 Å². The van der Waals surface area contributed by atoms with Gasteiger partial charge in [0.2, 0.25) is 0 Å². The van der Waals surface area contributed by atoms with Crippen molar-refractivity contribution in [2.24, 2.45) is 23.2 Å². The summed E-state index contributed by atoms with van der Waals surface area (Å²) in [6.07, 6.45) is 18.5. The summed E-state index contributed by atoms with van der Waals surface area (Å²) in [5.41, 5.74) is -0.300. The quantitative estimate of drug-likeness (QED) is 0.0450. The fourth-order valence-corrected chi connectivity index (χ4v) is 3.69. The van der Waals surface area contributed by atoms with Crippen molar-refractivity contribution in [1.82, 2.24) is 0 Å². The Kier molecular flexibility index (Phi) is 53.8. The second kappa shape index (κ2) is 44.1. The van der Waals surface area contributed by atoms with Crippen LogP contribution in [0.5, 0.6) is 0 Å². The molecule has 0 heterocycles. The van der Waals surface area contributed by atoms with Gasteiger partial charge in [0.05, 0.1) is 33.0 Å². The molecule has 0 saturated heterocycles. The summed E-state index contributed by atoms with van der Waals surface area (Å²) in [6, 6.07) is 0. The summed E-state index contributed by atoms with van der Waals surface area (Å²) in [4.78, 5) is 0. The molecule has 0 amide bonds. The van der Waals surface area contributed by atoms with Crippen molar-refractivity contribution >= 4 is 0 Å². The second-order valence-electron chi connectivity index (χ2n) is 12.5. The minimum absolute atomic E-state index is 0. The molecular formula is C36H76O6Ti. The van der Waals surface area contributed by atoms with Crippen LogP contribution in [0.2, 0.25) is 0 Å². The minimum Gasteiger partial charge on any atom is -0.396 e. The predicted octanol–water partition coefficient (Wildman–Crippen LogP) is 8.36. The van der Waals surface area contributed by atoms with Gasteiger partial charge in [0.25, 0.3) is 0 Å². The normalized spacial score (nSPS) is 10.7. The third kappa shape index (κ3) is 51.8. The molecule has 260 valence electrons. The first-order valence-corrected chi connectivity index (χ1v) is 16.9. The molecule has 0 aromatic heterocycles. The number of aliphatic hydroxyl groups excluding tert-OH is 4. The molecule has 43 heavy (non-hydrogen) atoms. The number of rotatable bonds is 25. The van der Waals surface area contributed by atoms with E-state index in [1.165, 1.54) is 57.8 Å². The summed E-state index contributed by atoms with van der Waals surface area (Å²) in [5.74, 6) is 2.47. The molecule has 7 heteroatoms. The molecule has 0 radical (unpaired) electrons. The molecule has 0 atom stereocenters. The molecule has 0 saturated carbocycles. The van der Waals surface area contributed by atoms with Crippen LogP contribution in [-0.4, -0.2) is 73.3 Å². The van der Waals surface area contributed by atoms with Crippen LogP contribution < -0.4 is 0 Å². The Morgan fingerprint density at radius 1 is 0.558 bits per heavy atom. The largest absolute Gasteiger partial charge is 0.396 e. The fourth-order valence-electron chi connectivity index (χ4n) is 3.69. The van der Waals surface area contributed by atoms with E-state index in [2.05, 4.69) is 54.7 Å². The third-order valence-electron chi connectivity index (χ3n) is 6.69. The monoisotopic (exact) mass is 653 g/mol. The molecule has 0 fully saturated rings. The van der Waals surface area contributed by atoms with Gasteiger partial charge in [-0.05, 0) is 43.4 Å². The van der Waals surface area contributed by atoms with Gasteiger partial charge < -0.3 is 29.9 Å². The van der Waals surface area contributed by atoms with Crippen molar-refractivity contribution in [3.8, 4) is 0 Å². The Hall–Kier alpha value is -0.0457. The van der Waals surface area contributed by atoms with Gasteiger partial charge in [-0.1, -0.05) is 118 Å². The van der Waals surface area contributed by atoms with Gasteiger partial charge in [-0.25, -0.2) is 0 Å². The van der Waals surface area contributed by atoms with E-state index < -0.39 is 0 Å². The van der Waals surface area contributed by atoms with Crippen molar-refractivity contribution in [3.63, 3.8) is 0 Å². The van der Waals surface area contributed by atoms with Crippen LogP contribution in [0.4, 0.5) is 0 Å². The first-order valence-electron chi connectivity index (χ1n) is 16.9. The molecule has 0 bridgehead atoms. The van der Waals surface area contributed by atoms with Crippen LogP contribution in [-0.2, 0) is 31.2 Å². The summed E-state index contributed by atoms with van der Waals surface area (Å²) in [6.45, 7) is 25.7. The van der Waals surface area contributed by atoms with Crippen molar-refractivity contribution in [3.05, 3.63) is 25.3 Å². The first kappa shape index (κ1) is 52.5. The van der Waals surface area contributed by atoms with Gasteiger partial charge in [0.1, 0.15) is 0 Å². The molecule has 6 nitrogen and oxygen atoms in total. The van der Waals surface area contributed by atoms with Crippen molar-refractivity contribution in [1.29, 1.82) is 0 Å². The standard InChI is InChI=1S/C12H22O3.3C8H18O.Ti/c1-4-7-14-10-12(6-3,9-13)11-15-8-5-2;3*1-8(2)6-4-3-5-7-9;/h4-5,13H,1-2,6-11H2,3H3;3*8-9H,3-7H2,1-2H3;. The van der Waals surface area contributed by atoms with Crippen molar-refractivity contribution < 1.29 is 51.6 Å². The van der Waals surface area contributed by atoms with Crippen LogP contribution in [0.3, 0.4) is 0 Å². The Morgan fingerprint density at radius 2 is 0.860 bits per heavy atom. The molecule has 0 aromatic rings. The van der Waals surface area contributed by atoms with Crippen LogP contribution in [0.25, 0.3) is 0 Å². The average molecular weight is 653 g/mol. The van der Waals surface area contributed by atoms with Crippen LogP contribution in [0.1, 0.15) is 132 Å². The van der Waals surface area contributed by atoms with E-state index in [-0.39, 0.29) is 33.7 Å². The van der Waals surface area contributed by atoms with Gasteiger partial charge in [-0.2, -0.15) is 0 Å². The smallest absolute Gasteiger partial charge is 0.0645 e. The maximum atomic E-state index is 9.36. The zero-order valence-electron chi connectivity index (χ0n) is 29.8. The maximum Gasteiger partial charge on any atom is 0.0645 e. The van der Waals surface area contributed by atoms with Crippen LogP contribution in [0, 0.1) is 23.2 Å². The maximum absolute atomic E-state index is 9.36. The fraction of sp³-hybridized carbons (Fsp3) is 0.889. The zero-order valence-corrected chi connectivity index (χ0v) is 31.3. The summed E-state index contributed by atoms with van der Waals surface area (Å²) in [5, 5.41) is 34.7. The van der Waals surface area contributed by atoms with E-state index in [1.807, 2.05) is 6.92 Å². The summed E-state index contributed by atoms with van der Waals surface area (Å²) in [7, 11) is 0. The SMILES string of the molecule is C=CCOCC(CC)(CO)COCC=C.CC(C)CCCCCO.CC(C)CCCCCO.CC(C)CCCCCO.[Ti]. The average Bonchev–Trinajstić information content (AvgIpc) is 2.96. The van der Waals surface area contributed by atoms with E-state index in [4.69, 9.17) is 24.8 Å². The second-order valence-corrected chi connectivity index (χ2v) is 12.5. The molecule has 0 aliphatic heterocycles. The van der Waals surface area contributed by atoms with Gasteiger partial charge in [-0.3, -0.25) is 0 Å².